The van der Waals surface area contributed by atoms with E-state index >= 15 is 0 Å². The second-order valence-corrected chi connectivity index (χ2v) is 3.46. The molecule has 3 heteroatoms. The van der Waals surface area contributed by atoms with Crippen LogP contribution in [0.3, 0.4) is 0 Å². The van der Waals surface area contributed by atoms with E-state index in [0.29, 0.717) is 6.04 Å². The summed E-state index contributed by atoms with van der Waals surface area (Å²) in [6, 6.07) is 0.675. The molecule has 0 unspecified atom stereocenters. The van der Waals surface area contributed by atoms with Crippen molar-refractivity contribution < 1.29 is 4.42 Å². The summed E-state index contributed by atoms with van der Waals surface area (Å²) < 4.78 is 7.53. The number of aromatic nitrogens is 2. The fourth-order valence-electron chi connectivity index (χ4n) is 1.65. The molecule has 0 spiro atoms. The lowest BCUT2D eigenvalue weighted by Gasteiger charge is -1.95. The standard InChI is InChI=1S/C9H10N2O/c1-6-4-11(7-2-3-7)9-8(6)10-5-12-9/h4-5,7H,2-3H2,1H3. The Morgan fingerprint density at radius 1 is 1.58 bits per heavy atom. The van der Waals surface area contributed by atoms with Crippen molar-refractivity contribution in [3.63, 3.8) is 0 Å². The van der Waals surface area contributed by atoms with Gasteiger partial charge in [-0.15, -0.1) is 0 Å². The summed E-state index contributed by atoms with van der Waals surface area (Å²) in [7, 11) is 0. The Labute approximate surface area is 70.0 Å². The number of fused-ring (bicyclic) bond motifs is 1. The van der Waals surface area contributed by atoms with Gasteiger partial charge in [0.05, 0.1) is 0 Å². The van der Waals surface area contributed by atoms with E-state index in [2.05, 4.69) is 22.7 Å². The summed E-state index contributed by atoms with van der Waals surface area (Å²) in [5.74, 6) is 0. The van der Waals surface area contributed by atoms with Gasteiger partial charge in [0.2, 0.25) is 5.71 Å². The van der Waals surface area contributed by atoms with Gasteiger partial charge in [-0.2, -0.15) is 0 Å². The van der Waals surface area contributed by atoms with Crippen LogP contribution in [0.4, 0.5) is 0 Å². The molecule has 62 valence electrons. The molecule has 0 atom stereocenters. The predicted molar refractivity (Wildman–Crippen MR) is 45.0 cm³/mol. The van der Waals surface area contributed by atoms with Gasteiger partial charge < -0.3 is 8.98 Å². The highest BCUT2D eigenvalue weighted by atomic mass is 16.3. The molecule has 2 aromatic rings. The van der Waals surface area contributed by atoms with Crippen molar-refractivity contribution in [1.82, 2.24) is 9.55 Å². The second-order valence-electron chi connectivity index (χ2n) is 3.46. The zero-order chi connectivity index (χ0) is 8.13. The van der Waals surface area contributed by atoms with Crippen LogP contribution in [0.15, 0.2) is 17.0 Å². The number of nitrogens with zero attached hydrogens (tertiary/aromatic N) is 2. The van der Waals surface area contributed by atoms with Crippen LogP contribution < -0.4 is 0 Å². The lowest BCUT2D eigenvalue weighted by atomic mass is 10.4. The van der Waals surface area contributed by atoms with Crippen LogP contribution in [0.2, 0.25) is 0 Å². The Balaban J connectivity index is 2.33. The van der Waals surface area contributed by atoms with Crippen molar-refractivity contribution in [2.45, 2.75) is 25.8 Å². The van der Waals surface area contributed by atoms with Crippen LogP contribution in [-0.2, 0) is 0 Å². The summed E-state index contributed by atoms with van der Waals surface area (Å²) in [4.78, 5) is 4.16. The van der Waals surface area contributed by atoms with Gasteiger partial charge >= 0.3 is 0 Å². The summed E-state index contributed by atoms with van der Waals surface area (Å²) >= 11 is 0. The van der Waals surface area contributed by atoms with Crippen LogP contribution in [0.25, 0.3) is 11.2 Å². The molecule has 0 bridgehead atoms. The minimum atomic E-state index is 0.675. The second kappa shape index (κ2) is 1.91. The number of rotatable bonds is 1. The van der Waals surface area contributed by atoms with Crippen molar-refractivity contribution in [2.24, 2.45) is 0 Å². The van der Waals surface area contributed by atoms with Gasteiger partial charge in [-0.1, -0.05) is 0 Å². The Bertz CT molecular complexity index is 423. The summed E-state index contributed by atoms with van der Waals surface area (Å²) in [5.41, 5.74) is 3.17. The first-order valence-corrected chi connectivity index (χ1v) is 4.27. The van der Waals surface area contributed by atoms with Crippen LogP contribution in [0.1, 0.15) is 24.4 Å². The summed E-state index contributed by atoms with van der Waals surface area (Å²) in [6.07, 6.45) is 6.23. The zero-order valence-electron chi connectivity index (χ0n) is 6.95. The fraction of sp³-hybridized carbons (Fsp3) is 0.444. The summed E-state index contributed by atoms with van der Waals surface area (Å²) in [6.45, 7) is 2.07. The number of hydrogen-bond acceptors (Lipinski definition) is 2. The first-order valence-electron chi connectivity index (χ1n) is 4.27. The molecule has 3 nitrogen and oxygen atoms in total. The van der Waals surface area contributed by atoms with Crippen LogP contribution >= 0.6 is 0 Å². The first-order chi connectivity index (χ1) is 5.86. The third-order valence-corrected chi connectivity index (χ3v) is 2.43. The molecular weight excluding hydrogens is 152 g/mol. The third-order valence-electron chi connectivity index (χ3n) is 2.43. The van der Waals surface area contributed by atoms with Crippen molar-refractivity contribution in [2.75, 3.05) is 0 Å². The van der Waals surface area contributed by atoms with Gasteiger partial charge in [0.25, 0.3) is 0 Å². The minimum absolute atomic E-state index is 0.675. The Hall–Kier alpha value is -1.25. The smallest absolute Gasteiger partial charge is 0.228 e. The highest BCUT2D eigenvalue weighted by Crippen LogP contribution is 2.38. The van der Waals surface area contributed by atoms with E-state index in [1.807, 2.05) is 0 Å². The highest BCUT2D eigenvalue weighted by Gasteiger charge is 2.26. The monoisotopic (exact) mass is 162 g/mol. The SMILES string of the molecule is Cc1cn(C2CC2)c2ocnc12. The van der Waals surface area contributed by atoms with Gasteiger partial charge in [-0.3, -0.25) is 0 Å². The maximum absolute atomic E-state index is 5.32. The van der Waals surface area contributed by atoms with Crippen molar-refractivity contribution >= 4 is 11.2 Å². The van der Waals surface area contributed by atoms with Gasteiger partial charge in [0.1, 0.15) is 5.52 Å². The third kappa shape index (κ3) is 0.682. The molecule has 0 amide bonds. The van der Waals surface area contributed by atoms with Gasteiger partial charge in [0, 0.05) is 12.2 Å². The van der Waals surface area contributed by atoms with Gasteiger partial charge in [-0.25, -0.2) is 4.98 Å². The molecule has 1 fully saturated rings. The normalized spacial score (nSPS) is 17.4. The quantitative estimate of drug-likeness (QED) is 0.644. The van der Waals surface area contributed by atoms with Gasteiger partial charge in [0.15, 0.2) is 6.39 Å². The minimum Gasteiger partial charge on any atom is -0.427 e. The van der Waals surface area contributed by atoms with E-state index < -0.39 is 0 Å². The fourth-order valence-corrected chi connectivity index (χ4v) is 1.65. The first kappa shape index (κ1) is 6.29. The number of oxazole rings is 1. The molecule has 1 aliphatic carbocycles. The number of hydrogen-bond donors (Lipinski definition) is 0. The van der Waals surface area contributed by atoms with Gasteiger partial charge in [-0.05, 0) is 25.3 Å². The highest BCUT2D eigenvalue weighted by molar-refractivity contribution is 5.74. The Morgan fingerprint density at radius 3 is 3.17 bits per heavy atom. The Kier molecular flexibility index (Phi) is 1.00. The molecule has 0 aromatic carbocycles. The van der Waals surface area contributed by atoms with Crippen molar-refractivity contribution in [3.8, 4) is 0 Å². The largest absolute Gasteiger partial charge is 0.427 e. The van der Waals surface area contributed by atoms with Crippen LogP contribution in [0.5, 0.6) is 0 Å². The average Bonchev–Trinajstić information content (AvgIpc) is 2.68. The molecule has 12 heavy (non-hydrogen) atoms. The lowest BCUT2D eigenvalue weighted by Crippen LogP contribution is -1.88. The average molecular weight is 162 g/mol. The van der Waals surface area contributed by atoms with E-state index in [9.17, 15) is 0 Å². The maximum Gasteiger partial charge on any atom is 0.228 e. The van der Waals surface area contributed by atoms with E-state index in [4.69, 9.17) is 4.42 Å². The van der Waals surface area contributed by atoms with Crippen molar-refractivity contribution in [3.05, 3.63) is 18.2 Å². The Morgan fingerprint density at radius 2 is 2.42 bits per heavy atom. The topological polar surface area (TPSA) is 31.0 Å². The molecular formula is C9H10N2O. The van der Waals surface area contributed by atoms with Crippen LogP contribution in [-0.4, -0.2) is 9.55 Å². The predicted octanol–water partition coefficient (Wildman–Crippen LogP) is 2.27. The molecule has 0 saturated heterocycles. The molecule has 1 saturated carbocycles. The maximum atomic E-state index is 5.32. The molecule has 3 rings (SSSR count). The van der Waals surface area contributed by atoms with Crippen LogP contribution in [0, 0.1) is 6.92 Å². The molecule has 2 heterocycles. The molecule has 0 N–H and O–H groups in total. The molecule has 2 aromatic heterocycles. The summed E-state index contributed by atoms with van der Waals surface area (Å²) in [5, 5.41) is 0. The molecule has 0 radical (unpaired) electrons. The van der Waals surface area contributed by atoms with E-state index in [0.717, 1.165) is 11.2 Å². The van der Waals surface area contributed by atoms with E-state index in [-0.39, 0.29) is 0 Å². The molecule has 1 aliphatic rings. The zero-order valence-corrected chi connectivity index (χ0v) is 6.95. The molecule has 0 aliphatic heterocycles. The van der Waals surface area contributed by atoms with Crippen molar-refractivity contribution in [1.29, 1.82) is 0 Å². The van der Waals surface area contributed by atoms with E-state index in [1.165, 1.54) is 24.8 Å². The lowest BCUT2D eigenvalue weighted by molar-refractivity contribution is 0.557. The van der Waals surface area contributed by atoms with E-state index in [1.54, 1.807) is 0 Å². The number of aryl methyl sites for hydroxylation is 1.